The zero-order valence-corrected chi connectivity index (χ0v) is 12.6. The van der Waals surface area contributed by atoms with Gasteiger partial charge in [-0.3, -0.25) is 4.79 Å². The van der Waals surface area contributed by atoms with Crippen LogP contribution in [0, 0.1) is 6.92 Å². The molecule has 0 aliphatic heterocycles. The SMILES string of the molecule is Cc1ccc(CCC(=O)N[C@@H]2CCCC[C@H]2O)cc1Cl. The van der Waals surface area contributed by atoms with Gasteiger partial charge in [-0.15, -0.1) is 0 Å². The zero-order chi connectivity index (χ0) is 14.5. The number of aryl methyl sites for hydroxylation is 2. The molecule has 0 heterocycles. The Balaban J connectivity index is 1.81. The van der Waals surface area contributed by atoms with Crippen molar-refractivity contribution in [2.24, 2.45) is 0 Å². The molecule has 0 unspecified atom stereocenters. The van der Waals surface area contributed by atoms with Gasteiger partial charge in [-0.1, -0.05) is 36.6 Å². The van der Waals surface area contributed by atoms with Gasteiger partial charge in [0.25, 0.3) is 0 Å². The minimum atomic E-state index is -0.387. The molecule has 0 radical (unpaired) electrons. The molecule has 4 heteroatoms. The Hall–Kier alpha value is -1.06. The van der Waals surface area contributed by atoms with E-state index in [2.05, 4.69) is 5.32 Å². The number of benzene rings is 1. The predicted octanol–water partition coefficient (Wildman–Crippen LogP) is 3.00. The molecule has 0 spiro atoms. The van der Waals surface area contributed by atoms with Crippen LogP contribution in [0.4, 0.5) is 0 Å². The molecular formula is C16H22ClNO2. The van der Waals surface area contributed by atoms with Crippen LogP contribution in [0.15, 0.2) is 18.2 Å². The average molecular weight is 296 g/mol. The van der Waals surface area contributed by atoms with Crippen molar-refractivity contribution in [2.75, 3.05) is 0 Å². The summed E-state index contributed by atoms with van der Waals surface area (Å²) in [6.07, 6.45) is 4.52. The van der Waals surface area contributed by atoms with Crippen molar-refractivity contribution in [1.29, 1.82) is 0 Å². The Morgan fingerprint density at radius 3 is 2.85 bits per heavy atom. The molecule has 110 valence electrons. The van der Waals surface area contributed by atoms with Crippen molar-refractivity contribution in [1.82, 2.24) is 5.32 Å². The highest BCUT2D eigenvalue weighted by Crippen LogP contribution is 2.19. The molecule has 2 rings (SSSR count). The van der Waals surface area contributed by atoms with Crippen LogP contribution in [0.5, 0.6) is 0 Å². The molecule has 1 aromatic rings. The van der Waals surface area contributed by atoms with E-state index in [1.54, 1.807) is 0 Å². The fourth-order valence-corrected chi connectivity index (χ4v) is 2.81. The van der Waals surface area contributed by atoms with Crippen LogP contribution in [0.3, 0.4) is 0 Å². The van der Waals surface area contributed by atoms with E-state index in [4.69, 9.17) is 11.6 Å². The number of carbonyl (C=O) groups is 1. The summed E-state index contributed by atoms with van der Waals surface area (Å²) in [5.41, 5.74) is 2.12. The summed E-state index contributed by atoms with van der Waals surface area (Å²) < 4.78 is 0. The van der Waals surface area contributed by atoms with Crippen LogP contribution in [0.2, 0.25) is 5.02 Å². The highest BCUT2D eigenvalue weighted by Gasteiger charge is 2.24. The number of hydrogen-bond donors (Lipinski definition) is 2. The molecule has 1 fully saturated rings. The second kappa shape index (κ2) is 7.09. The third-order valence-electron chi connectivity index (χ3n) is 3.95. The molecule has 1 aliphatic rings. The molecule has 2 N–H and O–H groups in total. The van der Waals surface area contributed by atoms with Crippen molar-refractivity contribution in [3.05, 3.63) is 34.3 Å². The van der Waals surface area contributed by atoms with Crippen LogP contribution < -0.4 is 5.32 Å². The quantitative estimate of drug-likeness (QED) is 0.897. The van der Waals surface area contributed by atoms with Crippen molar-refractivity contribution < 1.29 is 9.90 Å². The maximum absolute atomic E-state index is 11.9. The second-order valence-corrected chi connectivity index (χ2v) is 6.02. The lowest BCUT2D eigenvalue weighted by Crippen LogP contribution is -2.45. The van der Waals surface area contributed by atoms with Crippen molar-refractivity contribution in [2.45, 2.75) is 57.6 Å². The van der Waals surface area contributed by atoms with Crippen LogP contribution in [-0.4, -0.2) is 23.2 Å². The zero-order valence-electron chi connectivity index (χ0n) is 11.9. The summed E-state index contributed by atoms with van der Waals surface area (Å²) in [7, 11) is 0. The minimum Gasteiger partial charge on any atom is -0.391 e. The molecular weight excluding hydrogens is 274 g/mol. The normalized spacial score (nSPS) is 22.6. The number of nitrogens with one attached hydrogen (secondary N) is 1. The molecule has 1 aromatic carbocycles. The van der Waals surface area contributed by atoms with Gasteiger partial charge in [0.1, 0.15) is 0 Å². The number of aliphatic hydroxyl groups is 1. The van der Waals surface area contributed by atoms with Gasteiger partial charge < -0.3 is 10.4 Å². The molecule has 3 nitrogen and oxygen atoms in total. The van der Waals surface area contributed by atoms with Gasteiger partial charge in [-0.2, -0.15) is 0 Å². The second-order valence-electron chi connectivity index (χ2n) is 5.61. The maximum atomic E-state index is 11.9. The minimum absolute atomic E-state index is 0.00708. The standard InChI is InChI=1S/C16H22ClNO2/c1-11-6-7-12(10-13(11)17)8-9-16(20)18-14-4-2-3-5-15(14)19/h6-7,10,14-15,19H,2-5,8-9H2,1H3,(H,18,20)/t14-,15-/m1/s1. The summed E-state index contributed by atoms with van der Waals surface area (Å²) in [6, 6.07) is 5.82. The van der Waals surface area contributed by atoms with Crippen LogP contribution in [0.25, 0.3) is 0 Å². The predicted molar refractivity (Wildman–Crippen MR) is 80.9 cm³/mol. The molecule has 1 amide bonds. The van der Waals surface area contributed by atoms with Crippen molar-refractivity contribution in [3.63, 3.8) is 0 Å². The largest absolute Gasteiger partial charge is 0.391 e. The van der Waals surface area contributed by atoms with E-state index >= 15 is 0 Å². The number of amides is 1. The van der Waals surface area contributed by atoms with Crippen molar-refractivity contribution in [3.8, 4) is 0 Å². The molecule has 0 bridgehead atoms. The lowest BCUT2D eigenvalue weighted by molar-refractivity contribution is -0.123. The van der Waals surface area contributed by atoms with Crippen LogP contribution in [-0.2, 0) is 11.2 Å². The molecule has 1 aliphatic carbocycles. The van der Waals surface area contributed by atoms with E-state index in [1.807, 2.05) is 25.1 Å². The lowest BCUT2D eigenvalue weighted by atomic mass is 9.92. The van der Waals surface area contributed by atoms with Crippen LogP contribution in [0.1, 0.15) is 43.2 Å². The number of rotatable bonds is 4. The van der Waals surface area contributed by atoms with Gasteiger partial charge >= 0.3 is 0 Å². The van der Waals surface area contributed by atoms with E-state index in [-0.39, 0.29) is 18.1 Å². The summed E-state index contributed by atoms with van der Waals surface area (Å²) in [5, 5.41) is 13.5. The Kier molecular flexibility index (Phi) is 5.44. The Labute approximate surface area is 125 Å². The summed E-state index contributed by atoms with van der Waals surface area (Å²) in [5.74, 6) is 0.00708. The Morgan fingerprint density at radius 1 is 1.40 bits per heavy atom. The summed E-state index contributed by atoms with van der Waals surface area (Å²) in [6.45, 7) is 1.96. The van der Waals surface area contributed by atoms with E-state index in [0.717, 1.165) is 41.8 Å². The van der Waals surface area contributed by atoms with Crippen LogP contribution >= 0.6 is 11.6 Å². The molecule has 0 aromatic heterocycles. The van der Waals surface area contributed by atoms with E-state index in [1.165, 1.54) is 0 Å². The number of aliphatic hydroxyl groups excluding tert-OH is 1. The van der Waals surface area contributed by atoms with Crippen molar-refractivity contribution >= 4 is 17.5 Å². The topological polar surface area (TPSA) is 49.3 Å². The summed E-state index contributed by atoms with van der Waals surface area (Å²) in [4.78, 5) is 11.9. The highest BCUT2D eigenvalue weighted by molar-refractivity contribution is 6.31. The fraction of sp³-hybridized carbons (Fsp3) is 0.562. The van der Waals surface area contributed by atoms with Gasteiger partial charge in [0.05, 0.1) is 12.1 Å². The molecule has 20 heavy (non-hydrogen) atoms. The third kappa shape index (κ3) is 4.22. The van der Waals surface area contributed by atoms with Gasteiger partial charge in [-0.25, -0.2) is 0 Å². The number of halogens is 1. The molecule has 0 saturated heterocycles. The first-order chi connectivity index (χ1) is 9.56. The van der Waals surface area contributed by atoms with Gasteiger partial charge in [0.15, 0.2) is 0 Å². The number of carbonyl (C=O) groups excluding carboxylic acids is 1. The summed E-state index contributed by atoms with van der Waals surface area (Å²) >= 11 is 6.07. The molecule has 1 saturated carbocycles. The lowest BCUT2D eigenvalue weighted by Gasteiger charge is -2.28. The first kappa shape index (κ1) is 15.3. The monoisotopic (exact) mass is 295 g/mol. The first-order valence-electron chi connectivity index (χ1n) is 7.28. The van der Waals surface area contributed by atoms with E-state index < -0.39 is 0 Å². The Bertz CT molecular complexity index is 476. The first-order valence-corrected chi connectivity index (χ1v) is 7.66. The Morgan fingerprint density at radius 2 is 2.15 bits per heavy atom. The highest BCUT2D eigenvalue weighted by atomic mass is 35.5. The van der Waals surface area contributed by atoms with Gasteiger partial charge in [0.2, 0.25) is 5.91 Å². The maximum Gasteiger partial charge on any atom is 0.220 e. The van der Waals surface area contributed by atoms with E-state index in [9.17, 15) is 9.90 Å². The molecule has 2 atom stereocenters. The fourth-order valence-electron chi connectivity index (χ4n) is 2.61. The van der Waals surface area contributed by atoms with Gasteiger partial charge in [0, 0.05) is 11.4 Å². The van der Waals surface area contributed by atoms with E-state index in [0.29, 0.717) is 12.8 Å². The smallest absolute Gasteiger partial charge is 0.220 e. The van der Waals surface area contributed by atoms with Gasteiger partial charge in [-0.05, 0) is 43.4 Å². The average Bonchev–Trinajstić information content (AvgIpc) is 2.43. The third-order valence-corrected chi connectivity index (χ3v) is 4.36. The number of hydrogen-bond acceptors (Lipinski definition) is 2.